The molecule has 2 aromatic carbocycles. The lowest BCUT2D eigenvalue weighted by Crippen LogP contribution is -2.34. The Bertz CT molecular complexity index is 1000. The number of benzene rings is 2. The van der Waals surface area contributed by atoms with Crippen LogP contribution in [0.4, 0.5) is 0 Å². The van der Waals surface area contributed by atoms with E-state index in [1.807, 2.05) is 24.3 Å². The van der Waals surface area contributed by atoms with Crippen LogP contribution in [-0.2, 0) is 14.8 Å². The summed E-state index contributed by atoms with van der Waals surface area (Å²) in [5.41, 5.74) is 0.935. The molecule has 0 fully saturated rings. The number of hydrogen-bond acceptors (Lipinski definition) is 5. The highest BCUT2D eigenvalue weighted by Crippen LogP contribution is 2.33. The topological polar surface area (TPSA) is 76.0 Å². The van der Waals surface area contributed by atoms with E-state index in [1.54, 1.807) is 26.0 Å². The van der Waals surface area contributed by atoms with Gasteiger partial charge in [-0.3, -0.25) is 9.30 Å². The number of amidine groups is 1. The minimum Gasteiger partial charge on any atom is -0.462 e. The van der Waals surface area contributed by atoms with Gasteiger partial charge in [0.2, 0.25) is 0 Å². The zero-order valence-electron chi connectivity index (χ0n) is 14.9. The maximum Gasteiger partial charge on any atom is 0.339 e. The molecule has 0 radical (unpaired) electrons. The standard InChI is InChI=1S/C19H19BrN2O4S/c1-3-26-19(23)15-9-5-7-11-18(15)27(24,25)22-12-17(21-13(22)2)14-8-4-6-10-16(14)20/h4-11,17H,3,12H2,1-2H3. The van der Waals surface area contributed by atoms with Gasteiger partial charge in [0.15, 0.2) is 0 Å². The van der Waals surface area contributed by atoms with E-state index in [0.29, 0.717) is 5.84 Å². The number of carbonyl (C=O) groups excluding carboxylic acids is 1. The molecule has 0 saturated heterocycles. The van der Waals surface area contributed by atoms with Crippen LogP contribution in [0.3, 0.4) is 0 Å². The average molecular weight is 451 g/mol. The van der Waals surface area contributed by atoms with Gasteiger partial charge in [0.05, 0.1) is 24.8 Å². The molecule has 0 aliphatic carbocycles. The number of halogens is 1. The molecule has 0 aromatic heterocycles. The molecule has 0 spiro atoms. The molecule has 27 heavy (non-hydrogen) atoms. The number of aliphatic imine (C=N–C) groups is 1. The van der Waals surface area contributed by atoms with Gasteiger partial charge in [0.1, 0.15) is 10.7 Å². The van der Waals surface area contributed by atoms with Crippen LogP contribution in [0.5, 0.6) is 0 Å². The average Bonchev–Trinajstić information content (AvgIpc) is 3.04. The quantitative estimate of drug-likeness (QED) is 0.649. The fourth-order valence-electron chi connectivity index (χ4n) is 2.99. The molecule has 0 bridgehead atoms. The molecule has 6 nitrogen and oxygen atoms in total. The molecule has 1 aliphatic heterocycles. The van der Waals surface area contributed by atoms with Crippen molar-refractivity contribution in [2.45, 2.75) is 24.8 Å². The molecule has 1 unspecified atom stereocenters. The maximum atomic E-state index is 13.3. The van der Waals surface area contributed by atoms with Crippen LogP contribution in [0, 0.1) is 0 Å². The van der Waals surface area contributed by atoms with Crippen LogP contribution >= 0.6 is 15.9 Å². The van der Waals surface area contributed by atoms with Gasteiger partial charge in [-0.05, 0) is 37.6 Å². The predicted octanol–water partition coefficient (Wildman–Crippen LogP) is 3.79. The van der Waals surface area contributed by atoms with Crippen LogP contribution in [0.1, 0.15) is 35.8 Å². The molecule has 0 N–H and O–H groups in total. The summed E-state index contributed by atoms with van der Waals surface area (Å²) in [5.74, 6) is -0.276. The lowest BCUT2D eigenvalue weighted by molar-refractivity contribution is 0.0521. The number of esters is 1. The Morgan fingerprint density at radius 1 is 1.22 bits per heavy atom. The minimum atomic E-state index is -3.95. The Morgan fingerprint density at radius 2 is 1.89 bits per heavy atom. The minimum absolute atomic E-state index is 0.0245. The lowest BCUT2D eigenvalue weighted by atomic mass is 10.1. The fourth-order valence-corrected chi connectivity index (χ4v) is 5.19. The summed E-state index contributed by atoms with van der Waals surface area (Å²) in [7, 11) is -3.95. The van der Waals surface area contributed by atoms with Crippen molar-refractivity contribution >= 4 is 37.8 Å². The van der Waals surface area contributed by atoms with Crippen LogP contribution in [0.15, 0.2) is 62.9 Å². The second-order valence-corrected chi connectivity index (χ2v) is 8.65. The van der Waals surface area contributed by atoms with Gasteiger partial charge in [0, 0.05) is 4.47 Å². The Labute approximate surface area is 167 Å². The van der Waals surface area contributed by atoms with Gasteiger partial charge >= 0.3 is 5.97 Å². The number of nitrogens with zero attached hydrogens (tertiary/aromatic N) is 2. The molecule has 1 heterocycles. The third-order valence-corrected chi connectivity index (χ3v) is 6.88. The lowest BCUT2D eigenvalue weighted by Gasteiger charge is -2.21. The van der Waals surface area contributed by atoms with Gasteiger partial charge in [0.25, 0.3) is 10.0 Å². The number of carbonyl (C=O) groups is 1. The Morgan fingerprint density at radius 3 is 2.59 bits per heavy atom. The largest absolute Gasteiger partial charge is 0.462 e. The zero-order chi connectivity index (χ0) is 19.6. The highest BCUT2D eigenvalue weighted by Gasteiger charge is 2.36. The van der Waals surface area contributed by atoms with E-state index in [1.165, 1.54) is 16.4 Å². The summed E-state index contributed by atoms with van der Waals surface area (Å²) < 4.78 is 33.6. The third-order valence-electron chi connectivity index (χ3n) is 4.26. The van der Waals surface area contributed by atoms with E-state index in [2.05, 4.69) is 20.9 Å². The van der Waals surface area contributed by atoms with Crippen molar-refractivity contribution < 1.29 is 17.9 Å². The third kappa shape index (κ3) is 3.77. The molecule has 8 heteroatoms. The summed E-state index contributed by atoms with van der Waals surface area (Å²) >= 11 is 3.49. The van der Waals surface area contributed by atoms with Gasteiger partial charge in [-0.25, -0.2) is 13.2 Å². The summed E-state index contributed by atoms with van der Waals surface area (Å²) in [5, 5.41) is 0. The summed E-state index contributed by atoms with van der Waals surface area (Å²) in [6.07, 6.45) is 0. The zero-order valence-corrected chi connectivity index (χ0v) is 17.3. The smallest absolute Gasteiger partial charge is 0.339 e. The summed E-state index contributed by atoms with van der Waals surface area (Å²) in [6, 6.07) is 13.3. The number of sulfonamides is 1. The summed E-state index contributed by atoms with van der Waals surface area (Å²) in [4.78, 5) is 16.6. The van der Waals surface area contributed by atoms with E-state index in [4.69, 9.17) is 4.74 Å². The maximum absolute atomic E-state index is 13.3. The van der Waals surface area contributed by atoms with E-state index >= 15 is 0 Å². The first kappa shape index (κ1) is 19.6. The number of rotatable bonds is 5. The molecule has 3 rings (SSSR count). The monoisotopic (exact) mass is 450 g/mol. The van der Waals surface area contributed by atoms with Crippen molar-refractivity contribution in [1.29, 1.82) is 0 Å². The van der Waals surface area contributed by atoms with E-state index in [9.17, 15) is 13.2 Å². The highest BCUT2D eigenvalue weighted by atomic mass is 79.9. The molecule has 2 aromatic rings. The van der Waals surface area contributed by atoms with Gasteiger partial charge < -0.3 is 4.74 Å². The first-order chi connectivity index (χ1) is 12.9. The van der Waals surface area contributed by atoms with Crippen LogP contribution in [0.2, 0.25) is 0 Å². The van der Waals surface area contributed by atoms with Crippen LogP contribution < -0.4 is 0 Å². The second kappa shape index (κ2) is 7.82. The molecular weight excluding hydrogens is 432 g/mol. The van der Waals surface area contributed by atoms with Crippen LogP contribution in [0.25, 0.3) is 0 Å². The Kier molecular flexibility index (Phi) is 5.67. The molecule has 142 valence electrons. The summed E-state index contributed by atoms with van der Waals surface area (Å²) in [6.45, 7) is 3.67. The van der Waals surface area contributed by atoms with E-state index < -0.39 is 16.0 Å². The number of ether oxygens (including phenoxy) is 1. The predicted molar refractivity (Wildman–Crippen MR) is 106 cm³/mol. The normalized spacial score (nSPS) is 16.9. The van der Waals surface area contributed by atoms with Gasteiger partial charge in [-0.15, -0.1) is 0 Å². The molecule has 1 aliphatic rings. The molecule has 0 saturated carbocycles. The van der Waals surface area contributed by atoms with Crippen molar-refractivity contribution in [3.8, 4) is 0 Å². The fraction of sp³-hybridized carbons (Fsp3) is 0.263. The van der Waals surface area contributed by atoms with Gasteiger partial charge in [-0.1, -0.05) is 46.3 Å². The van der Waals surface area contributed by atoms with Crippen molar-refractivity contribution in [1.82, 2.24) is 4.31 Å². The second-order valence-electron chi connectivity index (χ2n) is 5.97. The van der Waals surface area contributed by atoms with Gasteiger partial charge in [-0.2, -0.15) is 0 Å². The van der Waals surface area contributed by atoms with Crippen LogP contribution in [-0.4, -0.2) is 37.7 Å². The van der Waals surface area contributed by atoms with E-state index in [-0.39, 0.29) is 29.7 Å². The Hall–Kier alpha value is -2.19. The van der Waals surface area contributed by atoms with E-state index in [0.717, 1.165) is 10.0 Å². The molecule has 1 atom stereocenters. The van der Waals surface area contributed by atoms with Crippen molar-refractivity contribution in [2.24, 2.45) is 4.99 Å². The SMILES string of the molecule is CCOC(=O)c1ccccc1S(=O)(=O)N1CC(c2ccccc2Br)N=C1C. The first-order valence-electron chi connectivity index (χ1n) is 8.44. The first-order valence-corrected chi connectivity index (χ1v) is 10.7. The Balaban J connectivity index is 1.97. The highest BCUT2D eigenvalue weighted by molar-refractivity contribution is 9.10. The number of hydrogen-bond donors (Lipinski definition) is 0. The van der Waals surface area contributed by atoms with Crippen molar-refractivity contribution in [3.05, 3.63) is 64.1 Å². The van der Waals surface area contributed by atoms with Crippen molar-refractivity contribution in [2.75, 3.05) is 13.2 Å². The molecule has 0 amide bonds. The molecular formula is C19H19BrN2O4S. The van der Waals surface area contributed by atoms with Crippen molar-refractivity contribution in [3.63, 3.8) is 0 Å².